The van der Waals surface area contributed by atoms with Crippen LogP contribution >= 0.6 is 0 Å². The van der Waals surface area contributed by atoms with Crippen LogP contribution in [0.1, 0.15) is 31.9 Å². The number of amides is 1. The van der Waals surface area contributed by atoms with Gasteiger partial charge in [-0.15, -0.1) is 0 Å². The van der Waals surface area contributed by atoms with Gasteiger partial charge in [-0.2, -0.15) is 0 Å². The van der Waals surface area contributed by atoms with Crippen LogP contribution < -0.4 is 10.6 Å². The number of imidazole rings is 1. The Morgan fingerprint density at radius 2 is 2.28 bits per heavy atom. The number of carbonyl (C=O) groups is 1. The van der Waals surface area contributed by atoms with E-state index in [0.29, 0.717) is 6.42 Å². The number of nitrogens with one attached hydrogen (secondary N) is 2. The van der Waals surface area contributed by atoms with Crippen LogP contribution in [0.3, 0.4) is 0 Å². The topological polar surface area (TPSA) is 59.0 Å². The lowest BCUT2D eigenvalue weighted by atomic mass is 10.3. The zero-order chi connectivity index (χ0) is 13.2. The number of aromatic nitrogens is 2. The summed E-state index contributed by atoms with van der Waals surface area (Å²) in [4.78, 5) is 15.4. The van der Waals surface area contributed by atoms with Crippen molar-refractivity contribution < 1.29 is 4.79 Å². The van der Waals surface area contributed by atoms with Crippen LogP contribution in [-0.4, -0.2) is 35.6 Å². The average Bonchev–Trinajstić information content (AvgIpc) is 2.82. The highest BCUT2D eigenvalue weighted by atomic mass is 16.1. The van der Waals surface area contributed by atoms with Gasteiger partial charge >= 0.3 is 0 Å². The number of aryl methyl sites for hydroxylation is 1. The van der Waals surface area contributed by atoms with Gasteiger partial charge in [0, 0.05) is 39.2 Å². The molecule has 1 rings (SSSR count). The summed E-state index contributed by atoms with van der Waals surface area (Å²) in [5.74, 6) is 0.0964. The third kappa shape index (κ3) is 5.82. The molecule has 0 atom stereocenters. The van der Waals surface area contributed by atoms with Crippen molar-refractivity contribution in [1.29, 1.82) is 0 Å². The summed E-state index contributed by atoms with van der Waals surface area (Å²) in [5, 5.41) is 5.98. The minimum Gasteiger partial charge on any atom is -0.359 e. The summed E-state index contributed by atoms with van der Waals surface area (Å²) in [5.41, 5.74) is 1.11. The number of carbonyl (C=O) groups excluding carboxylic acids is 1. The minimum atomic E-state index is 0.0964. The van der Waals surface area contributed by atoms with Crippen molar-refractivity contribution in [3.05, 3.63) is 18.2 Å². The van der Waals surface area contributed by atoms with Crippen molar-refractivity contribution in [2.75, 3.05) is 20.1 Å². The third-order valence-corrected chi connectivity index (χ3v) is 2.77. The molecule has 0 aromatic carbocycles. The van der Waals surface area contributed by atoms with Gasteiger partial charge in [0.1, 0.15) is 0 Å². The molecule has 102 valence electrons. The van der Waals surface area contributed by atoms with Gasteiger partial charge in [-0.05, 0) is 19.4 Å². The normalized spacial score (nSPS) is 10.6. The molecule has 0 aliphatic rings. The molecule has 2 N–H and O–H groups in total. The van der Waals surface area contributed by atoms with E-state index in [9.17, 15) is 4.79 Å². The lowest BCUT2D eigenvalue weighted by molar-refractivity contribution is -0.120. The maximum absolute atomic E-state index is 11.1. The fourth-order valence-corrected chi connectivity index (χ4v) is 1.72. The second kappa shape index (κ2) is 8.69. The first kappa shape index (κ1) is 14.7. The van der Waals surface area contributed by atoms with Crippen molar-refractivity contribution in [3.8, 4) is 0 Å². The predicted octanol–water partition coefficient (Wildman–Crippen LogP) is 0.951. The third-order valence-electron chi connectivity index (χ3n) is 2.77. The molecule has 1 aromatic rings. The summed E-state index contributed by atoms with van der Waals surface area (Å²) in [7, 11) is 1.67. The van der Waals surface area contributed by atoms with Crippen LogP contribution in [0.25, 0.3) is 0 Å². The van der Waals surface area contributed by atoms with Crippen LogP contribution in [0, 0.1) is 0 Å². The van der Waals surface area contributed by atoms with Crippen LogP contribution in [0.5, 0.6) is 0 Å². The van der Waals surface area contributed by atoms with Gasteiger partial charge in [-0.3, -0.25) is 4.79 Å². The molecule has 1 amide bonds. The molecule has 0 aliphatic heterocycles. The Morgan fingerprint density at radius 3 is 3.00 bits per heavy atom. The van der Waals surface area contributed by atoms with E-state index in [2.05, 4.69) is 33.3 Å². The van der Waals surface area contributed by atoms with Crippen LogP contribution in [0.4, 0.5) is 0 Å². The molecule has 0 radical (unpaired) electrons. The van der Waals surface area contributed by atoms with Crippen molar-refractivity contribution in [2.45, 2.75) is 39.2 Å². The van der Waals surface area contributed by atoms with Gasteiger partial charge in [-0.1, -0.05) is 6.92 Å². The molecule has 0 saturated carbocycles. The first-order chi connectivity index (χ1) is 8.76. The first-order valence-corrected chi connectivity index (χ1v) is 6.68. The van der Waals surface area contributed by atoms with Gasteiger partial charge in [0.25, 0.3) is 0 Å². The second-order valence-corrected chi connectivity index (χ2v) is 4.38. The molecule has 5 heteroatoms. The Balaban J connectivity index is 2.19. The summed E-state index contributed by atoms with van der Waals surface area (Å²) >= 11 is 0. The molecule has 0 bridgehead atoms. The molecule has 5 nitrogen and oxygen atoms in total. The molecule has 0 spiro atoms. The van der Waals surface area contributed by atoms with E-state index in [1.807, 2.05) is 6.33 Å². The molecule has 1 aromatic heterocycles. The molecule has 0 fully saturated rings. The van der Waals surface area contributed by atoms with Crippen molar-refractivity contribution in [2.24, 2.45) is 0 Å². The monoisotopic (exact) mass is 252 g/mol. The maximum atomic E-state index is 11.1. The second-order valence-electron chi connectivity index (χ2n) is 4.38. The van der Waals surface area contributed by atoms with Gasteiger partial charge < -0.3 is 15.2 Å². The smallest absolute Gasteiger partial charge is 0.219 e. The first-order valence-electron chi connectivity index (χ1n) is 6.68. The van der Waals surface area contributed by atoms with Gasteiger partial charge in [0.2, 0.25) is 5.91 Å². The van der Waals surface area contributed by atoms with E-state index in [-0.39, 0.29) is 5.91 Å². The van der Waals surface area contributed by atoms with Crippen molar-refractivity contribution in [1.82, 2.24) is 20.2 Å². The fourth-order valence-electron chi connectivity index (χ4n) is 1.72. The highest BCUT2D eigenvalue weighted by molar-refractivity contribution is 5.75. The summed E-state index contributed by atoms with van der Waals surface area (Å²) in [6.45, 7) is 5.05. The van der Waals surface area contributed by atoms with E-state index < -0.39 is 0 Å². The molecule has 0 aliphatic carbocycles. The average molecular weight is 252 g/mol. The lowest BCUT2D eigenvalue weighted by Crippen LogP contribution is -2.18. The highest BCUT2D eigenvalue weighted by Gasteiger charge is 2.01. The minimum absolute atomic E-state index is 0.0964. The number of rotatable bonds is 9. The molecular formula is C13H24N4O. The molecule has 18 heavy (non-hydrogen) atoms. The Morgan fingerprint density at radius 1 is 1.44 bits per heavy atom. The molecular weight excluding hydrogens is 228 g/mol. The largest absolute Gasteiger partial charge is 0.359 e. The van der Waals surface area contributed by atoms with E-state index >= 15 is 0 Å². The standard InChI is InChI=1S/C13H24N4O/c1-3-7-15-8-6-12-10-17(11-16-12)9-4-5-13(18)14-2/h10-11,15H,3-9H2,1-2H3,(H,14,18). The Labute approximate surface area is 109 Å². The Bertz CT molecular complexity index is 349. The van der Waals surface area contributed by atoms with Gasteiger partial charge in [-0.25, -0.2) is 4.98 Å². The summed E-state index contributed by atoms with van der Waals surface area (Å²) < 4.78 is 2.05. The van der Waals surface area contributed by atoms with Crippen LogP contribution in [-0.2, 0) is 17.8 Å². The quantitative estimate of drug-likeness (QED) is 0.643. The van der Waals surface area contributed by atoms with E-state index in [1.54, 1.807) is 7.05 Å². The van der Waals surface area contributed by atoms with Crippen molar-refractivity contribution in [3.63, 3.8) is 0 Å². The zero-order valence-electron chi connectivity index (χ0n) is 11.4. The summed E-state index contributed by atoms with van der Waals surface area (Å²) in [6, 6.07) is 0. The SMILES string of the molecule is CCCNCCc1cn(CCCC(=O)NC)cn1. The van der Waals surface area contributed by atoms with E-state index in [1.165, 1.54) is 0 Å². The predicted molar refractivity (Wildman–Crippen MR) is 72.4 cm³/mol. The van der Waals surface area contributed by atoms with E-state index in [4.69, 9.17) is 0 Å². The number of hydrogen-bond donors (Lipinski definition) is 2. The Kier molecular flexibility index (Phi) is 7.10. The number of nitrogens with zero attached hydrogens (tertiary/aromatic N) is 2. The molecule has 1 heterocycles. The molecule has 0 unspecified atom stereocenters. The fraction of sp³-hybridized carbons (Fsp3) is 0.692. The molecule has 0 saturated heterocycles. The summed E-state index contributed by atoms with van der Waals surface area (Å²) in [6.07, 6.45) is 7.46. The number of hydrogen-bond acceptors (Lipinski definition) is 3. The van der Waals surface area contributed by atoms with Gasteiger partial charge in [0.05, 0.1) is 12.0 Å². The van der Waals surface area contributed by atoms with Crippen LogP contribution in [0.15, 0.2) is 12.5 Å². The van der Waals surface area contributed by atoms with Gasteiger partial charge in [0.15, 0.2) is 0 Å². The maximum Gasteiger partial charge on any atom is 0.219 e. The zero-order valence-corrected chi connectivity index (χ0v) is 11.4. The van der Waals surface area contributed by atoms with E-state index in [0.717, 1.165) is 44.6 Å². The van der Waals surface area contributed by atoms with Crippen molar-refractivity contribution >= 4 is 5.91 Å². The van der Waals surface area contributed by atoms with Crippen LogP contribution in [0.2, 0.25) is 0 Å². The lowest BCUT2D eigenvalue weighted by Gasteiger charge is -2.01. The Hall–Kier alpha value is -1.36. The highest BCUT2D eigenvalue weighted by Crippen LogP contribution is 2.00.